The fourth-order valence-electron chi connectivity index (χ4n) is 1.72. The number of rotatable bonds is 4. The summed E-state index contributed by atoms with van der Waals surface area (Å²) in [6.45, 7) is 3.85. The molecule has 0 aliphatic heterocycles. The highest BCUT2D eigenvalue weighted by Gasteiger charge is 2.14. The lowest BCUT2D eigenvalue weighted by molar-refractivity contribution is -0.133. The van der Waals surface area contributed by atoms with Crippen LogP contribution in [0.1, 0.15) is 11.4 Å². The molecule has 100 valence electrons. The van der Waals surface area contributed by atoms with Gasteiger partial charge in [-0.15, -0.1) is 10.2 Å². The number of hydrogen-bond donors (Lipinski definition) is 1. The molecule has 0 atom stereocenters. The minimum absolute atomic E-state index is 0.0307. The number of aryl methyl sites for hydroxylation is 2. The van der Waals surface area contributed by atoms with Crippen molar-refractivity contribution in [1.29, 1.82) is 0 Å². The highest BCUT2D eigenvalue weighted by Crippen LogP contribution is 2.24. The van der Waals surface area contributed by atoms with E-state index in [2.05, 4.69) is 15.2 Å². The summed E-state index contributed by atoms with van der Waals surface area (Å²) in [7, 11) is 1.82. The SMILES string of the molecule is Cc1ccc(-c2nnc(SCC(=O)O)n2C)c(C)n1. The summed E-state index contributed by atoms with van der Waals surface area (Å²) in [5.74, 6) is -0.211. The van der Waals surface area contributed by atoms with Gasteiger partial charge in [-0.2, -0.15) is 0 Å². The van der Waals surface area contributed by atoms with Crippen molar-refractivity contribution in [3.05, 3.63) is 23.5 Å². The van der Waals surface area contributed by atoms with Crippen molar-refractivity contribution >= 4 is 17.7 Å². The van der Waals surface area contributed by atoms with E-state index in [9.17, 15) is 4.79 Å². The van der Waals surface area contributed by atoms with E-state index < -0.39 is 5.97 Å². The predicted molar refractivity (Wildman–Crippen MR) is 72.1 cm³/mol. The maximum Gasteiger partial charge on any atom is 0.313 e. The Balaban J connectivity index is 2.33. The Morgan fingerprint density at radius 1 is 1.37 bits per heavy atom. The van der Waals surface area contributed by atoms with Crippen LogP contribution in [-0.2, 0) is 11.8 Å². The van der Waals surface area contributed by atoms with Crippen LogP contribution in [-0.4, -0.2) is 36.6 Å². The predicted octanol–water partition coefficient (Wildman–Crippen LogP) is 1.67. The smallest absolute Gasteiger partial charge is 0.313 e. The average molecular weight is 278 g/mol. The highest BCUT2D eigenvalue weighted by molar-refractivity contribution is 7.99. The van der Waals surface area contributed by atoms with Crippen LogP contribution in [0.25, 0.3) is 11.4 Å². The van der Waals surface area contributed by atoms with E-state index in [1.54, 1.807) is 4.57 Å². The van der Waals surface area contributed by atoms with Crippen LogP contribution in [0.4, 0.5) is 0 Å². The number of carbonyl (C=O) groups is 1. The molecule has 0 spiro atoms. The largest absolute Gasteiger partial charge is 0.481 e. The Hall–Kier alpha value is -1.89. The van der Waals surface area contributed by atoms with Crippen LogP contribution in [0.2, 0.25) is 0 Å². The number of aromatic nitrogens is 4. The summed E-state index contributed by atoms with van der Waals surface area (Å²) in [4.78, 5) is 15.0. The van der Waals surface area contributed by atoms with Crippen molar-refractivity contribution in [2.45, 2.75) is 19.0 Å². The second-order valence-electron chi connectivity index (χ2n) is 4.13. The van der Waals surface area contributed by atoms with Crippen molar-refractivity contribution in [2.75, 3.05) is 5.75 Å². The third kappa shape index (κ3) is 2.93. The van der Waals surface area contributed by atoms with Crippen molar-refractivity contribution in [3.8, 4) is 11.4 Å². The van der Waals surface area contributed by atoms with E-state index in [1.807, 2.05) is 33.0 Å². The van der Waals surface area contributed by atoms with Gasteiger partial charge in [0, 0.05) is 24.0 Å². The average Bonchev–Trinajstić information content (AvgIpc) is 2.68. The number of pyridine rings is 1. The number of aliphatic carboxylic acids is 1. The van der Waals surface area contributed by atoms with E-state index in [-0.39, 0.29) is 5.75 Å². The van der Waals surface area contributed by atoms with Gasteiger partial charge < -0.3 is 9.67 Å². The molecule has 2 aromatic heterocycles. The lowest BCUT2D eigenvalue weighted by Gasteiger charge is -2.06. The van der Waals surface area contributed by atoms with Crippen LogP contribution < -0.4 is 0 Å². The molecule has 0 saturated carbocycles. The molecule has 1 N–H and O–H groups in total. The maximum atomic E-state index is 10.6. The number of carboxylic acid groups (broad SMARTS) is 1. The lowest BCUT2D eigenvalue weighted by atomic mass is 10.2. The zero-order valence-corrected chi connectivity index (χ0v) is 11.7. The molecule has 0 aromatic carbocycles. The Morgan fingerprint density at radius 2 is 2.11 bits per heavy atom. The van der Waals surface area contributed by atoms with Gasteiger partial charge >= 0.3 is 5.97 Å². The van der Waals surface area contributed by atoms with E-state index in [1.165, 1.54) is 0 Å². The van der Waals surface area contributed by atoms with E-state index in [0.29, 0.717) is 11.0 Å². The van der Waals surface area contributed by atoms with Crippen molar-refractivity contribution in [3.63, 3.8) is 0 Å². The molecule has 7 heteroatoms. The summed E-state index contributed by atoms with van der Waals surface area (Å²) in [6.07, 6.45) is 0. The van der Waals surface area contributed by atoms with Gasteiger partial charge in [0.15, 0.2) is 11.0 Å². The van der Waals surface area contributed by atoms with Gasteiger partial charge in [-0.3, -0.25) is 9.78 Å². The Kier molecular flexibility index (Phi) is 3.84. The molecule has 2 aromatic rings. The van der Waals surface area contributed by atoms with E-state index in [0.717, 1.165) is 28.7 Å². The number of thioether (sulfide) groups is 1. The Labute approximate surface area is 114 Å². The zero-order chi connectivity index (χ0) is 14.0. The summed E-state index contributed by atoms with van der Waals surface area (Å²) in [5, 5.41) is 17.4. The fraction of sp³-hybridized carbons (Fsp3) is 0.333. The molecule has 0 bridgehead atoms. The number of hydrogen-bond acceptors (Lipinski definition) is 5. The van der Waals surface area contributed by atoms with Gasteiger partial charge in [-0.05, 0) is 26.0 Å². The number of nitrogens with zero attached hydrogens (tertiary/aromatic N) is 4. The van der Waals surface area contributed by atoms with Gasteiger partial charge in [-0.1, -0.05) is 11.8 Å². The Bertz CT molecular complexity index is 624. The third-order valence-corrected chi connectivity index (χ3v) is 3.63. The van der Waals surface area contributed by atoms with Crippen LogP contribution in [0.5, 0.6) is 0 Å². The molecular formula is C12H14N4O2S. The lowest BCUT2D eigenvalue weighted by Crippen LogP contribution is -2.01. The van der Waals surface area contributed by atoms with Crippen molar-refractivity contribution < 1.29 is 9.90 Å². The molecule has 0 aliphatic carbocycles. The van der Waals surface area contributed by atoms with Gasteiger partial charge in [0.2, 0.25) is 0 Å². The topological polar surface area (TPSA) is 80.9 Å². The van der Waals surface area contributed by atoms with Gasteiger partial charge in [-0.25, -0.2) is 0 Å². The molecule has 0 saturated heterocycles. The summed E-state index contributed by atoms with van der Waals surface area (Å²) < 4.78 is 1.78. The second-order valence-corrected chi connectivity index (χ2v) is 5.08. The molecule has 0 aliphatic rings. The van der Waals surface area contributed by atoms with Gasteiger partial charge in [0.1, 0.15) is 0 Å². The molecule has 2 heterocycles. The van der Waals surface area contributed by atoms with Crippen LogP contribution >= 0.6 is 11.8 Å². The maximum absolute atomic E-state index is 10.6. The molecular weight excluding hydrogens is 264 g/mol. The molecule has 19 heavy (non-hydrogen) atoms. The molecule has 0 fully saturated rings. The fourth-order valence-corrected chi connectivity index (χ4v) is 2.36. The standard InChI is InChI=1S/C12H14N4O2S/c1-7-4-5-9(8(2)13-7)11-14-15-12(16(11)3)19-6-10(17)18/h4-5H,6H2,1-3H3,(H,17,18). The summed E-state index contributed by atoms with van der Waals surface area (Å²) in [5.41, 5.74) is 2.73. The first-order chi connectivity index (χ1) is 8.99. The van der Waals surface area contributed by atoms with Crippen molar-refractivity contribution in [2.24, 2.45) is 7.05 Å². The van der Waals surface area contributed by atoms with Crippen LogP contribution in [0.3, 0.4) is 0 Å². The monoisotopic (exact) mass is 278 g/mol. The first kappa shape index (κ1) is 13.5. The summed E-state index contributed by atoms with van der Waals surface area (Å²) in [6, 6.07) is 3.87. The van der Waals surface area contributed by atoms with Crippen LogP contribution in [0, 0.1) is 13.8 Å². The van der Waals surface area contributed by atoms with E-state index in [4.69, 9.17) is 5.11 Å². The van der Waals surface area contributed by atoms with Crippen LogP contribution in [0.15, 0.2) is 17.3 Å². The quantitative estimate of drug-likeness (QED) is 0.857. The van der Waals surface area contributed by atoms with Gasteiger partial charge in [0.25, 0.3) is 0 Å². The molecule has 6 nitrogen and oxygen atoms in total. The minimum atomic E-state index is -0.872. The first-order valence-corrected chi connectivity index (χ1v) is 6.66. The van der Waals surface area contributed by atoms with Crippen molar-refractivity contribution in [1.82, 2.24) is 19.7 Å². The summed E-state index contributed by atoms with van der Waals surface area (Å²) >= 11 is 1.15. The normalized spacial score (nSPS) is 10.7. The number of carboxylic acids is 1. The third-order valence-electron chi connectivity index (χ3n) is 2.63. The minimum Gasteiger partial charge on any atom is -0.481 e. The molecule has 0 radical (unpaired) electrons. The Morgan fingerprint density at radius 3 is 2.74 bits per heavy atom. The van der Waals surface area contributed by atoms with E-state index >= 15 is 0 Å². The molecule has 0 amide bonds. The zero-order valence-electron chi connectivity index (χ0n) is 10.9. The van der Waals surface area contributed by atoms with Gasteiger partial charge in [0.05, 0.1) is 5.75 Å². The highest BCUT2D eigenvalue weighted by atomic mass is 32.2. The molecule has 2 rings (SSSR count). The molecule has 0 unspecified atom stereocenters. The second kappa shape index (κ2) is 5.40. The first-order valence-electron chi connectivity index (χ1n) is 5.67.